The van der Waals surface area contributed by atoms with E-state index in [1.54, 1.807) is 36.4 Å². The maximum atomic E-state index is 14.4. The number of nitriles is 1. The first-order valence-corrected chi connectivity index (χ1v) is 9.07. The summed E-state index contributed by atoms with van der Waals surface area (Å²) in [5, 5.41) is 8.60. The number of allylic oxidation sites excluding steroid dienone is 1. The van der Waals surface area contributed by atoms with Gasteiger partial charge in [0.2, 0.25) is 0 Å². The van der Waals surface area contributed by atoms with Gasteiger partial charge in [-0.15, -0.1) is 0 Å². The fraction of sp³-hybridized carbons (Fsp3) is 0.273. The molecule has 1 aliphatic heterocycles. The fourth-order valence-corrected chi connectivity index (χ4v) is 3.16. The topological polar surface area (TPSA) is 62.6 Å². The molecule has 0 N–H and O–H groups in total. The van der Waals surface area contributed by atoms with Gasteiger partial charge in [0.25, 0.3) is 0 Å². The van der Waals surface area contributed by atoms with Gasteiger partial charge in [0.15, 0.2) is 23.9 Å². The predicted molar refractivity (Wildman–Crippen MR) is 105 cm³/mol. The molecule has 0 bridgehead atoms. The first-order chi connectivity index (χ1) is 13.6. The number of methoxy groups -OCH3 is 1. The van der Waals surface area contributed by atoms with Crippen LogP contribution in [0.4, 0.5) is 10.1 Å². The van der Waals surface area contributed by atoms with Crippen molar-refractivity contribution in [3.63, 3.8) is 0 Å². The smallest absolute Gasteiger partial charge is 0.185 e. The van der Waals surface area contributed by atoms with Crippen molar-refractivity contribution in [3.8, 4) is 17.6 Å². The highest BCUT2D eigenvalue weighted by Crippen LogP contribution is 2.29. The standard InChI is InChI=1S/C22H21FN2O3/c1-27-22-14-16(5-9-21(22)28-13-10-24)4-8-20(26)17-6-7-19(18(23)15-17)25-11-2-3-12-25/h4-9,14-15H,2-3,11-13H2,1H3/b8-4+. The number of benzene rings is 2. The van der Waals surface area contributed by atoms with Crippen molar-refractivity contribution in [1.29, 1.82) is 5.26 Å². The minimum Gasteiger partial charge on any atom is -0.493 e. The Balaban J connectivity index is 1.72. The number of carbonyl (C=O) groups excluding carboxylic acids is 1. The van der Waals surface area contributed by atoms with Crippen molar-refractivity contribution < 1.29 is 18.7 Å². The minimum atomic E-state index is -0.373. The lowest BCUT2D eigenvalue weighted by Gasteiger charge is -2.18. The number of rotatable bonds is 7. The third kappa shape index (κ3) is 4.49. The van der Waals surface area contributed by atoms with Gasteiger partial charge in [-0.2, -0.15) is 5.26 Å². The van der Waals surface area contributed by atoms with Crippen LogP contribution in [0.3, 0.4) is 0 Å². The molecular weight excluding hydrogens is 359 g/mol. The van der Waals surface area contributed by atoms with Gasteiger partial charge in [0, 0.05) is 18.7 Å². The molecule has 0 atom stereocenters. The lowest BCUT2D eigenvalue weighted by atomic mass is 10.1. The van der Waals surface area contributed by atoms with Gasteiger partial charge < -0.3 is 14.4 Å². The number of ether oxygens (including phenoxy) is 2. The summed E-state index contributed by atoms with van der Waals surface area (Å²) in [5.74, 6) is 0.260. The van der Waals surface area contributed by atoms with Crippen molar-refractivity contribution in [2.75, 3.05) is 31.7 Å². The molecule has 6 heteroatoms. The van der Waals surface area contributed by atoms with E-state index in [9.17, 15) is 9.18 Å². The van der Waals surface area contributed by atoms with Gasteiger partial charge in [-0.3, -0.25) is 4.79 Å². The van der Waals surface area contributed by atoms with Crippen LogP contribution in [0.2, 0.25) is 0 Å². The maximum absolute atomic E-state index is 14.4. The first kappa shape index (κ1) is 19.4. The molecule has 0 aliphatic carbocycles. The summed E-state index contributed by atoms with van der Waals surface area (Å²) in [7, 11) is 1.50. The summed E-state index contributed by atoms with van der Waals surface area (Å²) >= 11 is 0. The normalized spacial score (nSPS) is 13.5. The third-order valence-corrected chi connectivity index (χ3v) is 4.59. The van der Waals surface area contributed by atoms with Crippen LogP contribution in [0, 0.1) is 17.1 Å². The van der Waals surface area contributed by atoms with E-state index in [-0.39, 0.29) is 18.2 Å². The Labute approximate surface area is 163 Å². The van der Waals surface area contributed by atoms with Crippen LogP contribution in [0.1, 0.15) is 28.8 Å². The summed E-state index contributed by atoms with van der Waals surface area (Å²) in [4.78, 5) is 14.4. The van der Waals surface area contributed by atoms with Gasteiger partial charge in [-0.25, -0.2) is 4.39 Å². The zero-order valence-electron chi connectivity index (χ0n) is 15.7. The van der Waals surface area contributed by atoms with E-state index in [1.807, 2.05) is 11.0 Å². The summed E-state index contributed by atoms with van der Waals surface area (Å²) in [5.41, 5.74) is 1.58. The number of ketones is 1. The molecule has 3 rings (SSSR count). The number of hydrogen-bond acceptors (Lipinski definition) is 5. The molecule has 144 valence electrons. The van der Waals surface area contributed by atoms with E-state index in [0.717, 1.165) is 31.5 Å². The molecule has 1 fully saturated rings. The third-order valence-electron chi connectivity index (χ3n) is 4.59. The Morgan fingerprint density at radius 2 is 2.00 bits per heavy atom. The van der Waals surface area contributed by atoms with Crippen LogP contribution in [-0.2, 0) is 0 Å². The molecule has 0 unspecified atom stereocenters. The average molecular weight is 380 g/mol. The van der Waals surface area contributed by atoms with Crippen molar-refractivity contribution in [3.05, 3.63) is 59.4 Å². The van der Waals surface area contributed by atoms with Crippen molar-refractivity contribution in [2.45, 2.75) is 12.8 Å². The Hall–Kier alpha value is -3.33. The quantitative estimate of drug-likeness (QED) is 0.531. The van der Waals surface area contributed by atoms with E-state index in [4.69, 9.17) is 14.7 Å². The second-order valence-electron chi connectivity index (χ2n) is 6.42. The zero-order valence-corrected chi connectivity index (χ0v) is 15.7. The van der Waals surface area contributed by atoms with Crippen LogP contribution in [0.25, 0.3) is 6.08 Å². The lowest BCUT2D eigenvalue weighted by molar-refractivity contribution is 0.104. The van der Waals surface area contributed by atoms with Crippen LogP contribution >= 0.6 is 0 Å². The maximum Gasteiger partial charge on any atom is 0.185 e. The Morgan fingerprint density at radius 1 is 1.21 bits per heavy atom. The highest BCUT2D eigenvalue weighted by atomic mass is 19.1. The van der Waals surface area contributed by atoms with E-state index >= 15 is 0 Å². The largest absolute Gasteiger partial charge is 0.493 e. The zero-order chi connectivity index (χ0) is 19.9. The van der Waals surface area contributed by atoms with Gasteiger partial charge in [0.1, 0.15) is 11.9 Å². The average Bonchev–Trinajstić information content (AvgIpc) is 3.25. The summed E-state index contributed by atoms with van der Waals surface area (Å²) in [6.45, 7) is 1.61. The molecule has 2 aromatic rings. The lowest BCUT2D eigenvalue weighted by Crippen LogP contribution is -2.19. The molecule has 1 heterocycles. The van der Waals surface area contributed by atoms with Crippen molar-refractivity contribution >= 4 is 17.5 Å². The van der Waals surface area contributed by atoms with E-state index < -0.39 is 0 Å². The number of hydrogen-bond donors (Lipinski definition) is 0. The Kier molecular flexibility index (Phi) is 6.28. The van der Waals surface area contributed by atoms with Gasteiger partial charge in [0.05, 0.1) is 12.8 Å². The number of carbonyl (C=O) groups is 1. The van der Waals surface area contributed by atoms with Gasteiger partial charge in [-0.05, 0) is 54.8 Å². The van der Waals surface area contributed by atoms with Crippen molar-refractivity contribution in [2.24, 2.45) is 0 Å². The summed E-state index contributed by atoms with van der Waals surface area (Å²) in [6.07, 6.45) is 5.15. The molecular formula is C22H21FN2O3. The molecule has 0 amide bonds. The van der Waals surface area contributed by atoms with E-state index in [2.05, 4.69) is 0 Å². The number of halogens is 1. The predicted octanol–water partition coefficient (Wildman–Crippen LogP) is 4.23. The first-order valence-electron chi connectivity index (χ1n) is 9.07. The molecule has 5 nitrogen and oxygen atoms in total. The summed E-state index contributed by atoms with van der Waals surface area (Å²) in [6, 6.07) is 11.6. The Bertz CT molecular complexity index is 928. The van der Waals surface area contributed by atoms with E-state index in [1.165, 1.54) is 19.3 Å². The SMILES string of the molecule is COc1cc(/C=C/C(=O)c2ccc(N3CCCC3)c(F)c2)ccc1OCC#N. The summed E-state index contributed by atoms with van der Waals surface area (Å²) < 4.78 is 24.9. The monoisotopic (exact) mass is 380 g/mol. The second-order valence-corrected chi connectivity index (χ2v) is 6.42. The molecule has 1 aliphatic rings. The Morgan fingerprint density at radius 3 is 2.68 bits per heavy atom. The molecule has 2 aromatic carbocycles. The molecule has 0 radical (unpaired) electrons. The van der Waals surface area contributed by atoms with Crippen LogP contribution in [0.5, 0.6) is 11.5 Å². The molecule has 28 heavy (non-hydrogen) atoms. The highest BCUT2D eigenvalue weighted by molar-refractivity contribution is 6.07. The minimum absolute atomic E-state index is 0.0803. The molecule has 0 spiro atoms. The second kappa shape index (κ2) is 9.05. The van der Waals surface area contributed by atoms with Gasteiger partial charge in [-0.1, -0.05) is 12.1 Å². The van der Waals surface area contributed by atoms with Crippen LogP contribution in [-0.4, -0.2) is 32.6 Å². The number of anilines is 1. The number of nitrogens with zero attached hydrogens (tertiary/aromatic N) is 2. The molecule has 1 saturated heterocycles. The highest BCUT2D eigenvalue weighted by Gasteiger charge is 2.17. The van der Waals surface area contributed by atoms with Crippen LogP contribution in [0.15, 0.2) is 42.5 Å². The molecule has 0 saturated carbocycles. The van der Waals surface area contributed by atoms with Gasteiger partial charge >= 0.3 is 0 Å². The van der Waals surface area contributed by atoms with E-state index in [0.29, 0.717) is 22.7 Å². The van der Waals surface area contributed by atoms with Crippen LogP contribution < -0.4 is 14.4 Å². The van der Waals surface area contributed by atoms with Crippen molar-refractivity contribution in [1.82, 2.24) is 0 Å². The fourth-order valence-electron chi connectivity index (χ4n) is 3.16. The molecule has 0 aromatic heterocycles.